The number of hydrogen-bond donors (Lipinski definition) is 1. The number of rotatable bonds is 2. The third-order valence-corrected chi connectivity index (χ3v) is 1.07. The number of allylic oxidation sites excluding steroid dienone is 2. The van der Waals surface area contributed by atoms with Crippen LogP contribution in [0.15, 0.2) is 11.3 Å². The topological polar surface area (TPSA) is 54.4 Å². The summed E-state index contributed by atoms with van der Waals surface area (Å²) >= 11 is 0. The van der Waals surface area contributed by atoms with Crippen molar-refractivity contribution in [3.8, 4) is 0 Å². The molecule has 0 aromatic heterocycles. The number of Topliss-reactive ketones (excluding diaryl/α,β-unsaturated/α-hetero) is 2. The minimum atomic E-state index is -0.396. The van der Waals surface area contributed by atoms with Crippen molar-refractivity contribution in [1.29, 1.82) is 0 Å². The van der Waals surface area contributed by atoms with Gasteiger partial charge in [0.25, 0.3) is 0 Å². The van der Waals surface area contributed by atoms with Gasteiger partial charge < -0.3 is 5.11 Å². The van der Waals surface area contributed by atoms with E-state index in [1.165, 1.54) is 20.8 Å². The van der Waals surface area contributed by atoms with Crippen LogP contribution in [0.3, 0.4) is 0 Å². The molecule has 0 saturated heterocycles. The van der Waals surface area contributed by atoms with Gasteiger partial charge in [0.05, 0.1) is 5.57 Å². The van der Waals surface area contributed by atoms with Gasteiger partial charge in [-0.2, -0.15) is 0 Å². The molecule has 0 aliphatic carbocycles. The van der Waals surface area contributed by atoms with Crippen molar-refractivity contribution in [3.05, 3.63) is 11.3 Å². The minimum absolute atomic E-state index is 0. The average Bonchev–Trinajstić information content (AvgIpc) is 1.59. The second-order valence-electron chi connectivity index (χ2n) is 2.07. The quantitative estimate of drug-likeness (QED) is 0.241. The zero-order valence-electron chi connectivity index (χ0n) is 6.57. The Hall–Kier alpha value is -0.601. The third kappa shape index (κ3) is 3.96. The van der Waals surface area contributed by atoms with E-state index in [1.807, 2.05) is 0 Å². The number of aliphatic hydroxyl groups is 1. The van der Waals surface area contributed by atoms with E-state index in [0.717, 1.165) is 0 Å². The van der Waals surface area contributed by atoms with Crippen molar-refractivity contribution in [3.63, 3.8) is 0 Å². The molecule has 0 aromatic carbocycles. The van der Waals surface area contributed by atoms with Gasteiger partial charge in [0, 0.05) is 17.1 Å². The first kappa shape index (κ1) is 13.0. The summed E-state index contributed by atoms with van der Waals surface area (Å²) in [6.07, 6.45) is 0. The Morgan fingerprint density at radius 2 is 1.27 bits per heavy atom. The monoisotopic (exact) mass is 205 g/mol. The van der Waals surface area contributed by atoms with Gasteiger partial charge in [0.1, 0.15) is 5.76 Å². The standard InChI is InChI=1S/C7H10O3.Cu/c1-4(8)7(5(2)9)6(3)10;/h8H,1-3H3;. The van der Waals surface area contributed by atoms with Gasteiger partial charge in [-0.3, -0.25) is 9.59 Å². The van der Waals surface area contributed by atoms with Crippen molar-refractivity contribution in [1.82, 2.24) is 0 Å². The fraction of sp³-hybridized carbons (Fsp3) is 0.429. The first-order chi connectivity index (χ1) is 4.46. The van der Waals surface area contributed by atoms with E-state index in [2.05, 4.69) is 0 Å². The Kier molecular flexibility index (Phi) is 6.04. The maximum atomic E-state index is 10.6. The molecule has 0 unspecified atom stereocenters. The van der Waals surface area contributed by atoms with E-state index in [9.17, 15) is 9.59 Å². The van der Waals surface area contributed by atoms with E-state index in [0.29, 0.717) is 0 Å². The van der Waals surface area contributed by atoms with Crippen LogP contribution in [0.1, 0.15) is 20.8 Å². The van der Waals surface area contributed by atoms with Crippen LogP contribution in [0.2, 0.25) is 0 Å². The van der Waals surface area contributed by atoms with Gasteiger partial charge in [-0.05, 0) is 20.8 Å². The first-order valence-electron chi connectivity index (χ1n) is 2.88. The Morgan fingerprint density at radius 1 is 1.00 bits per heavy atom. The molecule has 0 rings (SSSR count). The Morgan fingerprint density at radius 3 is 1.27 bits per heavy atom. The van der Waals surface area contributed by atoms with E-state index < -0.39 is 11.6 Å². The molecule has 0 bridgehead atoms. The molecule has 0 aliphatic heterocycles. The molecule has 4 heteroatoms. The molecule has 1 radical (unpaired) electrons. The summed E-state index contributed by atoms with van der Waals surface area (Å²) < 4.78 is 0. The Balaban J connectivity index is 0. The summed E-state index contributed by atoms with van der Waals surface area (Å²) in [6, 6.07) is 0. The van der Waals surface area contributed by atoms with Crippen molar-refractivity contribution in [2.45, 2.75) is 20.8 Å². The predicted molar refractivity (Wildman–Crippen MR) is 36.7 cm³/mol. The normalized spacial score (nSPS) is 7.91. The number of aliphatic hydroxyl groups excluding tert-OH is 1. The maximum Gasteiger partial charge on any atom is 0.166 e. The van der Waals surface area contributed by atoms with Gasteiger partial charge in [-0.1, -0.05) is 0 Å². The number of hydrogen-bond acceptors (Lipinski definition) is 3. The summed E-state index contributed by atoms with van der Waals surface area (Å²) in [5, 5.41) is 8.79. The zero-order valence-corrected chi connectivity index (χ0v) is 7.51. The van der Waals surface area contributed by atoms with Crippen LogP contribution in [0, 0.1) is 0 Å². The zero-order chi connectivity index (χ0) is 8.31. The van der Waals surface area contributed by atoms with Crippen molar-refractivity contribution >= 4 is 11.6 Å². The van der Waals surface area contributed by atoms with Gasteiger partial charge in [-0.15, -0.1) is 0 Å². The van der Waals surface area contributed by atoms with Crippen molar-refractivity contribution in [2.24, 2.45) is 0 Å². The molecular formula is C7H10CuO3. The van der Waals surface area contributed by atoms with Crippen LogP contribution in [0.5, 0.6) is 0 Å². The van der Waals surface area contributed by atoms with Crippen LogP contribution in [0.25, 0.3) is 0 Å². The third-order valence-electron chi connectivity index (χ3n) is 1.07. The summed E-state index contributed by atoms with van der Waals surface area (Å²) in [4.78, 5) is 21.2. The van der Waals surface area contributed by atoms with Gasteiger partial charge in [0.15, 0.2) is 11.6 Å². The van der Waals surface area contributed by atoms with Crippen molar-refractivity contribution < 1.29 is 31.8 Å². The maximum absolute atomic E-state index is 10.6. The Labute approximate surface area is 76.0 Å². The van der Waals surface area contributed by atoms with Gasteiger partial charge in [-0.25, -0.2) is 0 Å². The van der Waals surface area contributed by atoms with Crippen LogP contribution >= 0.6 is 0 Å². The molecule has 0 aromatic rings. The molecule has 0 heterocycles. The summed E-state index contributed by atoms with van der Waals surface area (Å²) in [5.41, 5.74) is -0.111. The van der Waals surface area contributed by atoms with Gasteiger partial charge >= 0.3 is 0 Å². The molecule has 3 nitrogen and oxygen atoms in total. The van der Waals surface area contributed by atoms with Crippen LogP contribution < -0.4 is 0 Å². The molecule has 0 atom stereocenters. The number of carbonyl (C=O) groups excluding carboxylic acids is 2. The molecule has 0 aliphatic rings. The second-order valence-corrected chi connectivity index (χ2v) is 2.07. The summed E-state index contributed by atoms with van der Waals surface area (Å²) in [7, 11) is 0. The molecule has 67 valence electrons. The molecule has 0 spiro atoms. The largest absolute Gasteiger partial charge is 0.512 e. The second kappa shape index (κ2) is 5.10. The van der Waals surface area contributed by atoms with Crippen molar-refractivity contribution in [2.75, 3.05) is 0 Å². The molecule has 0 saturated carbocycles. The molecule has 0 fully saturated rings. The minimum Gasteiger partial charge on any atom is -0.512 e. The number of carbonyl (C=O) groups is 2. The first-order valence-corrected chi connectivity index (χ1v) is 2.88. The van der Waals surface area contributed by atoms with E-state index >= 15 is 0 Å². The molecule has 11 heavy (non-hydrogen) atoms. The Bertz CT molecular complexity index is 186. The summed E-state index contributed by atoms with van der Waals surface area (Å²) in [6.45, 7) is 3.81. The van der Waals surface area contributed by atoms with Crippen LogP contribution in [0.4, 0.5) is 0 Å². The molecule has 0 amide bonds. The number of ketones is 2. The van der Waals surface area contributed by atoms with E-state index in [-0.39, 0.29) is 28.4 Å². The smallest absolute Gasteiger partial charge is 0.166 e. The molecule has 1 N–H and O–H groups in total. The SMILES string of the molecule is CC(=O)C(C(C)=O)=C(C)O.[Cu]. The summed E-state index contributed by atoms with van der Waals surface area (Å²) in [5.74, 6) is -1.000. The van der Waals surface area contributed by atoms with Crippen LogP contribution in [-0.4, -0.2) is 16.7 Å². The van der Waals surface area contributed by atoms with E-state index in [1.54, 1.807) is 0 Å². The molecular weight excluding hydrogens is 196 g/mol. The predicted octanol–water partition coefficient (Wildman–Crippen LogP) is 0.994. The average molecular weight is 206 g/mol. The van der Waals surface area contributed by atoms with E-state index in [4.69, 9.17) is 5.11 Å². The van der Waals surface area contributed by atoms with Gasteiger partial charge in [0.2, 0.25) is 0 Å². The fourth-order valence-corrected chi connectivity index (χ4v) is 0.757. The van der Waals surface area contributed by atoms with Crippen LogP contribution in [-0.2, 0) is 26.7 Å². The fourth-order valence-electron chi connectivity index (χ4n) is 0.757.